The summed E-state index contributed by atoms with van der Waals surface area (Å²) in [5, 5.41) is 0.164. The van der Waals surface area contributed by atoms with Crippen molar-refractivity contribution in [1.82, 2.24) is 0 Å². The molecular formula is C13H19IO2Si. The van der Waals surface area contributed by atoms with Gasteiger partial charge in [-0.1, -0.05) is 20.8 Å². The molecule has 2 nitrogen and oxygen atoms in total. The van der Waals surface area contributed by atoms with E-state index < -0.39 is 8.32 Å². The van der Waals surface area contributed by atoms with Crippen LogP contribution in [-0.2, 0) is 0 Å². The van der Waals surface area contributed by atoms with Crippen LogP contribution in [0.1, 0.15) is 31.1 Å². The lowest BCUT2D eigenvalue weighted by molar-refractivity contribution is 0.112. The standard InChI is InChI=1S/C13H19IO2Si/c1-13(2,3)17(4,5)16-11-6-7-12(14)10(8-11)9-15/h6-9H,1-5H3. The van der Waals surface area contributed by atoms with E-state index in [4.69, 9.17) is 4.43 Å². The van der Waals surface area contributed by atoms with E-state index in [2.05, 4.69) is 56.5 Å². The van der Waals surface area contributed by atoms with E-state index in [1.54, 1.807) is 0 Å². The van der Waals surface area contributed by atoms with Gasteiger partial charge in [0, 0.05) is 9.13 Å². The van der Waals surface area contributed by atoms with Crippen LogP contribution >= 0.6 is 22.6 Å². The van der Waals surface area contributed by atoms with Crippen molar-refractivity contribution < 1.29 is 9.22 Å². The van der Waals surface area contributed by atoms with Gasteiger partial charge in [0.1, 0.15) is 5.75 Å². The summed E-state index contributed by atoms with van der Waals surface area (Å²) in [5.41, 5.74) is 0.696. The lowest BCUT2D eigenvalue weighted by atomic mass is 10.2. The minimum Gasteiger partial charge on any atom is -0.543 e. The summed E-state index contributed by atoms with van der Waals surface area (Å²) in [6.07, 6.45) is 0.875. The van der Waals surface area contributed by atoms with Gasteiger partial charge in [0.05, 0.1) is 0 Å². The highest BCUT2D eigenvalue weighted by Crippen LogP contribution is 2.37. The first-order valence-corrected chi connectivity index (χ1v) is 9.60. The Balaban J connectivity index is 3.00. The number of carbonyl (C=O) groups is 1. The number of benzene rings is 1. The topological polar surface area (TPSA) is 26.3 Å². The van der Waals surface area contributed by atoms with Crippen LogP contribution in [0, 0.1) is 3.57 Å². The van der Waals surface area contributed by atoms with Crippen molar-refractivity contribution in [1.29, 1.82) is 0 Å². The zero-order chi connectivity index (χ0) is 13.3. The Morgan fingerprint density at radius 3 is 2.35 bits per heavy atom. The summed E-state index contributed by atoms with van der Waals surface area (Å²) in [4.78, 5) is 10.9. The highest BCUT2D eigenvalue weighted by atomic mass is 127. The first-order valence-electron chi connectivity index (χ1n) is 5.61. The van der Waals surface area contributed by atoms with Crippen molar-refractivity contribution in [2.45, 2.75) is 38.9 Å². The molecule has 1 rings (SSSR count). The van der Waals surface area contributed by atoms with Crippen LogP contribution in [0.5, 0.6) is 5.75 Å². The molecule has 0 aliphatic carbocycles. The van der Waals surface area contributed by atoms with Gasteiger partial charge in [-0.25, -0.2) is 0 Å². The van der Waals surface area contributed by atoms with Crippen LogP contribution in [0.3, 0.4) is 0 Å². The van der Waals surface area contributed by atoms with Crippen molar-refractivity contribution in [2.75, 3.05) is 0 Å². The molecule has 0 radical (unpaired) electrons. The maximum atomic E-state index is 10.9. The van der Waals surface area contributed by atoms with Crippen LogP contribution in [0.2, 0.25) is 18.1 Å². The Morgan fingerprint density at radius 2 is 1.88 bits per heavy atom. The minimum atomic E-state index is -1.82. The van der Waals surface area contributed by atoms with Crippen molar-refractivity contribution >= 4 is 37.2 Å². The highest BCUT2D eigenvalue weighted by molar-refractivity contribution is 14.1. The van der Waals surface area contributed by atoms with Crippen LogP contribution in [0.15, 0.2) is 18.2 Å². The Kier molecular flexibility index (Phi) is 4.41. The molecule has 4 heteroatoms. The molecule has 0 spiro atoms. The predicted molar refractivity (Wildman–Crippen MR) is 82.4 cm³/mol. The summed E-state index contributed by atoms with van der Waals surface area (Å²) < 4.78 is 7.10. The lowest BCUT2D eigenvalue weighted by Crippen LogP contribution is -2.43. The SMILES string of the molecule is CC(C)(C)[Si](C)(C)Oc1ccc(I)c(C=O)c1. The van der Waals surface area contributed by atoms with Gasteiger partial charge in [0.25, 0.3) is 0 Å². The van der Waals surface area contributed by atoms with Gasteiger partial charge >= 0.3 is 0 Å². The van der Waals surface area contributed by atoms with Crippen LogP contribution in [0.4, 0.5) is 0 Å². The van der Waals surface area contributed by atoms with E-state index in [0.29, 0.717) is 5.56 Å². The van der Waals surface area contributed by atoms with Crippen molar-refractivity contribution in [3.8, 4) is 5.75 Å². The Bertz CT molecular complexity index is 422. The Morgan fingerprint density at radius 1 is 1.29 bits per heavy atom. The molecule has 0 N–H and O–H groups in total. The molecule has 0 unspecified atom stereocenters. The van der Waals surface area contributed by atoms with E-state index in [-0.39, 0.29) is 5.04 Å². The number of hydrogen-bond donors (Lipinski definition) is 0. The molecule has 0 heterocycles. The molecule has 0 aliphatic heterocycles. The fraction of sp³-hybridized carbons (Fsp3) is 0.462. The van der Waals surface area contributed by atoms with Gasteiger partial charge in [-0.15, -0.1) is 0 Å². The highest BCUT2D eigenvalue weighted by Gasteiger charge is 2.38. The molecule has 17 heavy (non-hydrogen) atoms. The Hall–Kier alpha value is -0.363. The largest absolute Gasteiger partial charge is 0.543 e. The zero-order valence-corrected chi connectivity index (χ0v) is 14.2. The van der Waals surface area contributed by atoms with Crippen LogP contribution < -0.4 is 4.43 Å². The first kappa shape index (κ1) is 14.7. The summed E-state index contributed by atoms with van der Waals surface area (Å²) in [6, 6.07) is 5.69. The van der Waals surface area contributed by atoms with E-state index in [1.807, 2.05) is 18.2 Å². The molecule has 1 aromatic rings. The minimum absolute atomic E-state index is 0.164. The summed E-state index contributed by atoms with van der Waals surface area (Å²) >= 11 is 2.16. The zero-order valence-electron chi connectivity index (χ0n) is 11.0. The number of halogens is 1. The summed E-state index contributed by atoms with van der Waals surface area (Å²) in [6.45, 7) is 11.0. The monoisotopic (exact) mass is 362 g/mol. The molecule has 1 aromatic carbocycles. The quantitative estimate of drug-likeness (QED) is 0.450. The summed E-state index contributed by atoms with van der Waals surface area (Å²) in [5.74, 6) is 0.805. The fourth-order valence-corrected chi connectivity index (χ4v) is 2.61. The van der Waals surface area contributed by atoms with Gasteiger partial charge in [0.2, 0.25) is 8.32 Å². The fourth-order valence-electron chi connectivity index (χ4n) is 1.12. The maximum Gasteiger partial charge on any atom is 0.250 e. The smallest absolute Gasteiger partial charge is 0.250 e. The van der Waals surface area contributed by atoms with Gasteiger partial charge in [-0.05, 0) is 58.9 Å². The second-order valence-corrected chi connectivity index (χ2v) is 11.6. The second-order valence-electron chi connectivity index (χ2n) is 5.66. The van der Waals surface area contributed by atoms with Gasteiger partial charge in [-0.2, -0.15) is 0 Å². The van der Waals surface area contributed by atoms with Crippen LogP contribution in [0.25, 0.3) is 0 Å². The van der Waals surface area contributed by atoms with Crippen molar-refractivity contribution in [3.63, 3.8) is 0 Å². The van der Waals surface area contributed by atoms with Gasteiger partial charge in [-0.3, -0.25) is 4.79 Å². The molecule has 0 fully saturated rings. The third-order valence-electron chi connectivity index (χ3n) is 3.27. The Labute approximate surface area is 118 Å². The molecule has 0 bridgehead atoms. The third kappa shape index (κ3) is 3.55. The average molecular weight is 362 g/mol. The van der Waals surface area contributed by atoms with Gasteiger partial charge < -0.3 is 4.43 Å². The average Bonchev–Trinajstić information content (AvgIpc) is 2.19. The molecular weight excluding hydrogens is 343 g/mol. The van der Waals surface area contributed by atoms with E-state index >= 15 is 0 Å². The second kappa shape index (κ2) is 5.10. The van der Waals surface area contributed by atoms with E-state index in [1.165, 1.54) is 0 Å². The molecule has 0 aliphatic rings. The third-order valence-corrected chi connectivity index (χ3v) is 8.61. The molecule has 0 saturated carbocycles. The number of hydrogen-bond acceptors (Lipinski definition) is 2. The molecule has 0 aromatic heterocycles. The predicted octanol–water partition coefficient (Wildman–Crippen LogP) is 4.49. The number of rotatable bonds is 3. The maximum absolute atomic E-state index is 10.9. The van der Waals surface area contributed by atoms with E-state index in [0.717, 1.165) is 15.6 Å². The molecule has 0 amide bonds. The molecule has 0 atom stereocenters. The molecule has 0 saturated heterocycles. The van der Waals surface area contributed by atoms with Gasteiger partial charge in [0.15, 0.2) is 6.29 Å². The van der Waals surface area contributed by atoms with Crippen molar-refractivity contribution in [2.24, 2.45) is 0 Å². The van der Waals surface area contributed by atoms with Crippen molar-refractivity contribution in [3.05, 3.63) is 27.3 Å². The normalized spacial score (nSPS) is 12.4. The van der Waals surface area contributed by atoms with Crippen LogP contribution in [-0.4, -0.2) is 14.6 Å². The lowest BCUT2D eigenvalue weighted by Gasteiger charge is -2.36. The molecule has 94 valence electrons. The number of aldehydes is 1. The summed E-state index contributed by atoms with van der Waals surface area (Å²) in [7, 11) is -1.82. The van der Waals surface area contributed by atoms with E-state index in [9.17, 15) is 4.79 Å². The first-order chi connectivity index (χ1) is 7.67. The number of carbonyl (C=O) groups excluding carboxylic acids is 1.